The van der Waals surface area contributed by atoms with E-state index in [0.717, 1.165) is 6.08 Å². The number of rotatable bonds is 5. The highest BCUT2D eigenvalue weighted by Gasteiger charge is 2.26. The van der Waals surface area contributed by atoms with Crippen molar-refractivity contribution in [1.82, 2.24) is 25.9 Å². The largest absolute Gasteiger partial charge is 0.480 e. The monoisotopic (exact) mass is 295 g/mol. The summed E-state index contributed by atoms with van der Waals surface area (Å²) < 4.78 is 0. The van der Waals surface area contributed by atoms with Gasteiger partial charge in [0.1, 0.15) is 11.7 Å². The standard InChI is InChI=1S/C11H13N5O5/c17-8-2-6(15-11(21)16-8)9(18)14-7(10(19)20)1-5-3-12-4-13-5/h2-4,7,11,15,21H,1H2,(H,12,13)(H,14,18)(H,16,17)(H,19,20)/t7-,11?/m0/s1. The normalized spacial score (nSPS) is 19.0. The summed E-state index contributed by atoms with van der Waals surface area (Å²) in [4.78, 5) is 40.7. The van der Waals surface area contributed by atoms with Gasteiger partial charge in [-0.2, -0.15) is 0 Å². The molecule has 2 atom stereocenters. The minimum absolute atomic E-state index is 0.00308. The van der Waals surface area contributed by atoms with Gasteiger partial charge in [0.05, 0.1) is 6.33 Å². The smallest absolute Gasteiger partial charge is 0.326 e. The van der Waals surface area contributed by atoms with Crippen molar-refractivity contribution in [1.29, 1.82) is 0 Å². The Kier molecular flexibility index (Phi) is 4.18. The number of hydrogen-bond acceptors (Lipinski definition) is 6. The first kappa shape index (κ1) is 14.5. The first-order chi connectivity index (χ1) is 9.95. The second kappa shape index (κ2) is 6.05. The van der Waals surface area contributed by atoms with Crippen molar-refractivity contribution in [3.05, 3.63) is 30.0 Å². The molecule has 1 aliphatic rings. The summed E-state index contributed by atoms with van der Waals surface area (Å²) in [5, 5.41) is 25.0. The molecule has 1 aliphatic heterocycles. The second-order valence-electron chi connectivity index (χ2n) is 4.26. The predicted molar refractivity (Wildman–Crippen MR) is 67.2 cm³/mol. The number of aliphatic carboxylic acids is 1. The summed E-state index contributed by atoms with van der Waals surface area (Å²) in [7, 11) is 0. The lowest BCUT2D eigenvalue weighted by molar-refractivity contribution is -0.141. The van der Waals surface area contributed by atoms with Gasteiger partial charge in [-0.1, -0.05) is 0 Å². The van der Waals surface area contributed by atoms with Crippen LogP contribution in [0.15, 0.2) is 24.3 Å². The summed E-state index contributed by atoms with van der Waals surface area (Å²) in [5.74, 6) is -2.71. The van der Waals surface area contributed by atoms with Crippen LogP contribution in [0.4, 0.5) is 0 Å². The average molecular weight is 295 g/mol. The molecule has 0 saturated heterocycles. The van der Waals surface area contributed by atoms with Crippen LogP contribution in [0.1, 0.15) is 5.69 Å². The van der Waals surface area contributed by atoms with Crippen molar-refractivity contribution in [2.24, 2.45) is 0 Å². The van der Waals surface area contributed by atoms with Crippen LogP contribution < -0.4 is 16.0 Å². The molecule has 1 aromatic rings. The van der Waals surface area contributed by atoms with Crippen LogP contribution in [0.3, 0.4) is 0 Å². The number of aliphatic hydroxyl groups is 1. The molecule has 0 radical (unpaired) electrons. The Balaban J connectivity index is 2.04. The van der Waals surface area contributed by atoms with Gasteiger partial charge < -0.3 is 31.1 Å². The summed E-state index contributed by atoms with van der Waals surface area (Å²) >= 11 is 0. The molecule has 0 aromatic carbocycles. The minimum Gasteiger partial charge on any atom is -0.480 e. The average Bonchev–Trinajstić information content (AvgIpc) is 2.89. The highest BCUT2D eigenvalue weighted by Crippen LogP contribution is 2.02. The molecule has 21 heavy (non-hydrogen) atoms. The third-order valence-electron chi connectivity index (χ3n) is 2.67. The molecule has 2 heterocycles. The number of imidazole rings is 1. The number of nitrogens with zero attached hydrogens (tertiary/aromatic N) is 1. The SMILES string of the molecule is O=C1C=C(C(=O)N[C@@H](Cc2cnc[nH]2)C(=O)O)NC(O)N1. The van der Waals surface area contributed by atoms with Gasteiger partial charge >= 0.3 is 5.97 Å². The minimum atomic E-state index is -1.40. The lowest BCUT2D eigenvalue weighted by Gasteiger charge is -2.22. The van der Waals surface area contributed by atoms with E-state index in [1.807, 2.05) is 0 Å². The van der Waals surface area contributed by atoms with Gasteiger partial charge in [-0.25, -0.2) is 9.78 Å². The third-order valence-corrected chi connectivity index (χ3v) is 2.67. The molecule has 0 saturated carbocycles. The molecule has 112 valence electrons. The van der Waals surface area contributed by atoms with Crippen molar-refractivity contribution < 1.29 is 24.6 Å². The van der Waals surface area contributed by atoms with Crippen molar-refractivity contribution in [2.45, 2.75) is 18.8 Å². The van der Waals surface area contributed by atoms with Crippen molar-refractivity contribution in [3.63, 3.8) is 0 Å². The number of hydrogen-bond donors (Lipinski definition) is 6. The first-order valence-electron chi connectivity index (χ1n) is 5.93. The number of amides is 2. The van der Waals surface area contributed by atoms with E-state index in [-0.39, 0.29) is 12.1 Å². The quantitative estimate of drug-likeness (QED) is 0.348. The van der Waals surface area contributed by atoms with Gasteiger partial charge in [-0.05, 0) is 0 Å². The van der Waals surface area contributed by atoms with Gasteiger partial charge in [0.25, 0.3) is 5.91 Å². The van der Waals surface area contributed by atoms with Crippen molar-refractivity contribution in [2.75, 3.05) is 0 Å². The zero-order chi connectivity index (χ0) is 15.4. The Bertz CT molecular complexity index is 582. The maximum atomic E-state index is 11.9. The zero-order valence-corrected chi connectivity index (χ0v) is 10.7. The van der Waals surface area contributed by atoms with Crippen molar-refractivity contribution >= 4 is 17.8 Å². The Labute approximate surface area is 118 Å². The van der Waals surface area contributed by atoms with Crippen LogP contribution in [-0.4, -0.2) is 50.4 Å². The fraction of sp³-hybridized carbons (Fsp3) is 0.273. The Hall–Kier alpha value is -2.88. The molecular weight excluding hydrogens is 282 g/mol. The van der Waals surface area contributed by atoms with Gasteiger partial charge in [0, 0.05) is 24.4 Å². The number of carboxylic acid groups (broad SMARTS) is 1. The van der Waals surface area contributed by atoms with Crippen LogP contribution in [0, 0.1) is 0 Å². The lowest BCUT2D eigenvalue weighted by atomic mass is 10.1. The number of carboxylic acids is 1. The summed E-state index contributed by atoms with van der Waals surface area (Å²) in [5.41, 5.74) is 0.313. The first-order valence-corrected chi connectivity index (χ1v) is 5.93. The highest BCUT2D eigenvalue weighted by atomic mass is 16.4. The second-order valence-corrected chi connectivity index (χ2v) is 4.26. The number of carbonyl (C=O) groups excluding carboxylic acids is 2. The molecule has 1 aromatic heterocycles. The summed E-state index contributed by atoms with van der Waals surface area (Å²) in [6.07, 6.45) is 2.36. The maximum absolute atomic E-state index is 11.9. The molecule has 2 amide bonds. The number of carbonyl (C=O) groups is 3. The highest BCUT2D eigenvalue weighted by molar-refractivity contribution is 6.02. The van der Waals surface area contributed by atoms with Crippen LogP contribution in [0.2, 0.25) is 0 Å². The van der Waals surface area contributed by atoms with Crippen LogP contribution in [0.25, 0.3) is 0 Å². The summed E-state index contributed by atoms with van der Waals surface area (Å²) in [6.45, 7) is 0. The van der Waals surface area contributed by atoms with E-state index >= 15 is 0 Å². The number of aromatic amines is 1. The maximum Gasteiger partial charge on any atom is 0.326 e. The topological polar surface area (TPSA) is 156 Å². The molecule has 0 fully saturated rings. The Morgan fingerprint density at radius 2 is 2.19 bits per heavy atom. The fourth-order valence-corrected chi connectivity index (χ4v) is 1.72. The predicted octanol–water partition coefficient (Wildman–Crippen LogP) is -2.60. The number of nitrogens with one attached hydrogen (secondary N) is 4. The molecule has 0 aliphatic carbocycles. The van der Waals surface area contributed by atoms with Crippen LogP contribution in [0.5, 0.6) is 0 Å². The molecule has 1 unspecified atom stereocenters. The molecule has 0 spiro atoms. The molecule has 10 heteroatoms. The van der Waals surface area contributed by atoms with E-state index in [1.165, 1.54) is 12.5 Å². The van der Waals surface area contributed by atoms with E-state index in [0.29, 0.717) is 5.69 Å². The van der Waals surface area contributed by atoms with E-state index < -0.39 is 30.2 Å². The van der Waals surface area contributed by atoms with E-state index in [4.69, 9.17) is 5.11 Å². The molecule has 6 N–H and O–H groups in total. The van der Waals surface area contributed by atoms with Gasteiger partial charge in [0.2, 0.25) is 12.3 Å². The van der Waals surface area contributed by atoms with E-state index in [1.54, 1.807) is 0 Å². The fourth-order valence-electron chi connectivity index (χ4n) is 1.72. The molecular formula is C11H13N5O5. The van der Waals surface area contributed by atoms with Gasteiger partial charge in [0.15, 0.2) is 0 Å². The summed E-state index contributed by atoms with van der Waals surface area (Å²) in [6, 6.07) is -1.21. The molecule has 10 nitrogen and oxygen atoms in total. The van der Waals surface area contributed by atoms with Crippen LogP contribution >= 0.6 is 0 Å². The van der Waals surface area contributed by atoms with E-state index in [9.17, 15) is 19.5 Å². The Morgan fingerprint density at radius 3 is 2.76 bits per heavy atom. The van der Waals surface area contributed by atoms with E-state index in [2.05, 4.69) is 25.9 Å². The third kappa shape index (κ3) is 3.79. The number of H-pyrrole nitrogens is 1. The lowest BCUT2D eigenvalue weighted by Crippen LogP contribution is -2.53. The molecule has 2 rings (SSSR count). The van der Waals surface area contributed by atoms with Gasteiger partial charge in [-0.15, -0.1) is 0 Å². The zero-order valence-electron chi connectivity index (χ0n) is 10.7. The Morgan fingerprint density at radius 1 is 1.43 bits per heavy atom. The number of aromatic nitrogens is 2. The number of aliphatic hydroxyl groups excluding tert-OH is 1. The van der Waals surface area contributed by atoms with Crippen molar-refractivity contribution in [3.8, 4) is 0 Å². The molecule has 0 bridgehead atoms. The van der Waals surface area contributed by atoms with Gasteiger partial charge in [-0.3, -0.25) is 9.59 Å². The van der Waals surface area contributed by atoms with Crippen LogP contribution in [-0.2, 0) is 20.8 Å².